The number of nitro benzene ring substituents is 1. The number of benzene rings is 1. The maximum atomic E-state index is 11.4. The van der Waals surface area contributed by atoms with Crippen LogP contribution >= 0.6 is 0 Å². The van der Waals surface area contributed by atoms with Crippen molar-refractivity contribution in [1.29, 1.82) is 5.26 Å². The van der Waals surface area contributed by atoms with Gasteiger partial charge in [-0.1, -0.05) is 6.92 Å². The molecule has 0 aromatic heterocycles. The first-order valence-corrected chi connectivity index (χ1v) is 6.12. The first-order chi connectivity index (χ1) is 10.0. The minimum atomic E-state index is -0.624. The molecule has 0 unspecified atom stereocenters. The summed E-state index contributed by atoms with van der Waals surface area (Å²) in [5.74, 6) is -0.425. The fourth-order valence-electron chi connectivity index (χ4n) is 1.59. The van der Waals surface area contributed by atoms with Crippen molar-refractivity contribution in [2.75, 3.05) is 13.7 Å². The molecule has 0 aliphatic carbocycles. The van der Waals surface area contributed by atoms with E-state index in [9.17, 15) is 14.9 Å². The third kappa shape index (κ3) is 4.31. The number of hydrogen-bond acceptors (Lipinski definition) is 6. The summed E-state index contributed by atoms with van der Waals surface area (Å²) in [5.41, 5.74) is 0.306. The fourth-order valence-corrected chi connectivity index (χ4v) is 1.59. The van der Waals surface area contributed by atoms with E-state index in [1.165, 1.54) is 25.3 Å². The molecule has 1 aromatic rings. The molecule has 0 spiro atoms. The molecule has 0 saturated heterocycles. The maximum absolute atomic E-state index is 11.4. The Morgan fingerprint density at radius 2 is 2.24 bits per heavy atom. The van der Waals surface area contributed by atoms with Crippen LogP contribution in [-0.2, 0) is 9.53 Å². The summed E-state index contributed by atoms with van der Waals surface area (Å²) in [6, 6.07) is 5.74. The number of nitro groups is 1. The fraction of sp³-hybridized carbons (Fsp3) is 0.286. The lowest BCUT2D eigenvalue weighted by molar-refractivity contribution is -0.385. The van der Waals surface area contributed by atoms with Crippen molar-refractivity contribution < 1.29 is 19.2 Å². The van der Waals surface area contributed by atoms with Gasteiger partial charge in [-0.05, 0) is 24.6 Å². The Hall–Kier alpha value is -2.88. The van der Waals surface area contributed by atoms with Crippen LogP contribution in [0.5, 0.6) is 5.75 Å². The second-order valence-electron chi connectivity index (χ2n) is 3.94. The van der Waals surface area contributed by atoms with Crippen LogP contribution in [0.1, 0.15) is 18.9 Å². The molecule has 0 aliphatic rings. The van der Waals surface area contributed by atoms with Gasteiger partial charge in [0.2, 0.25) is 0 Å². The average molecular weight is 290 g/mol. The van der Waals surface area contributed by atoms with Crippen molar-refractivity contribution in [2.24, 2.45) is 0 Å². The van der Waals surface area contributed by atoms with E-state index in [0.29, 0.717) is 12.0 Å². The first-order valence-electron chi connectivity index (χ1n) is 6.12. The van der Waals surface area contributed by atoms with Gasteiger partial charge in [0.1, 0.15) is 6.61 Å². The summed E-state index contributed by atoms with van der Waals surface area (Å²) < 4.78 is 9.88. The van der Waals surface area contributed by atoms with Crippen LogP contribution in [0.3, 0.4) is 0 Å². The van der Waals surface area contributed by atoms with E-state index in [0.717, 1.165) is 6.07 Å². The summed E-state index contributed by atoms with van der Waals surface area (Å²) in [5, 5.41) is 19.7. The van der Waals surface area contributed by atoms with Crippen molar-refractivity contribution >= 4 is 11.7 Å². The van der Waals surface area contributed by atoms with Gasteiger partial charge in [-0.3, -0.25) is 10.1 Å². The summed E-state index contributed by atoms with van der Waals surface area (Å²) in [6.07, 6.45) is 1.97. The van der Waals surface area contributed by atoms with E-state index in [-0.39, 0.29) is 23.6 Å². The van der Waals surface area contributed by atoms with Gasteiger partial charge in [0, 0.05) is 11.6 Å². The number of methoxy groups -OCH3 is 1. The zero-order valence-electron chi connectivity index (χ0n) is 11.7. The van der Waals surface area contributed by atoms with Crippen LogP contribution in [0.25, 0.3) is 0 Å². The van der Waals surface area contributed by atoms with Gasteiger partial charge in [0.05, 0.1) is 23.7 Å². The maximum Gasteiger partial charge on any atom is 0.333 e. The van der Waals surface area contributed by atoms with E-state index in [2.05, 4.69) is 4.74 Å². The van der Waals surface area contributed by atoms with E-state index < -0.39 is 10.9 Å². The summed E-state index contributed by atoms with van der Waals surface area (Å²) in [4.78, 5) is 21.7. The molecule has 1 aromatic carbocycles. The Balaban J connectivity index is 2.89. The summed E-state index contributed by atoms with van der Waals surface area (Å²) in [7, 11) is 1.28. The minimum absolute atomic E-state index is 0.00892. The standard InChI is InChI=1S/C14H14N2O5/c1-3-11(14(17)20-2)6-7-21-13-5-4-10(9-15)8-12(13)16(18)19/h4-6,8H,3,7H2,1-2H3. The topological polar surface area (TPSA) is 102 Å². The third-order valence-corrected chi connectivity index (χ3v) is 2.68. The molecule has 0 N–H and O–H groups in total. The van der Waals surface area contributed by atoms with E-state index >= 15 is 0 Å². The molecule has 0 aliphatic heterocycles. The highest BCUT2D eigenvalue weighted by molar-refractivity contribution is 5.88. The Morgan fingerprint density at radius 1 is 1.52 bits per heavy atom. The molecular formula is C14H14N2O5. The number of rotatable bonds is 6. The van der Waals surface area contributed by atoms with Gasteiger partial charge in [0.25, 0.3) is 0 Å². The highest BCUT2D eigenvalue weighted by Gasteiger charge is 2.16. The number of esters is 1. The van der Waals surface area contributed by atoms with E-state index in [1.807, 2.05) is 6.07 Å². The molecule has 21 heavy (non-hydrogen) atoms. The molecule has 110 valence electrons. The highest BCUT2D eigenvalue weighted by Crippen LogP contribution is 2.27. The summed E-state index contributed by atoms with van der Waals surface area (Å²) >= 11 is 0. The second-order valence-corrected chi connectivity index (χ2v) is 3.94. The van der Waals surface area contributed by atoms with Gasteiger partial charge in [-0.15, -0.1) is 0 Å². The van der Waals surface area contributed by atoms with Gasteiger partial charge < -0.3 is 9.47 Å². The lowest BCUT2D eigenvalue weighted by atomic mass is 10.2. The number of nitrogens with zero attached hydrogens (tertiary/aromatic N) is 2. The lowest BCUT2D eigenvalue weighted by Gasteiger charge is -2.06. The predicted molar refractivity (Wildman–Crippen MR) is 73.7 cm³/mol. The molecule has 0 heterocycles. The van der Waals surface area contributed by atoms with E-state index in [4.69, 9.17) is 10.00 Å². The van der Waals surface area contributed by atoms with Crippen LogP contribution < -0.4 is 4.74 Å². The Labute approximate surface area is 121 Å². The van der Waals surface area contributed by atoms with Crippen molar-refractivity contribution in [2.45, 2.75) is 13.3 Å². The zero-order chi connectivity index (χ0) is 15.8. The Kier molecular flexibility index (Phi) is 5.89. The van der Waals surface area contributed by atoms with Gasteiger partial charge in [0.15, 0.2) is 5.75 Å². The number of hydrogen-bond donors (Lipinski definition) is 0. The zero-order valence-corrected chi connectivity index (χ0v) is 11.7. The normalized spacial score (nSPS) is 10.6. The minimum Gasteiger partial charge on any atom is -0.483 e. The number of ether oxygens (including phenoxy) is 2. The van der Waals surface area contributed by atoms with Crippen molar-refractivity contribution in [1.82, 2.24) is 0 Å². The lowest BCUT2D eigenvalue weighted by Crippen LogP contribution is -2.06. The Bertz CT molecular complexity index is 616. The van der Waals surface area contributed by atoms with Crippen LogP contribution in [0.15, 0.2) is 29.8 Å². The highest BCUT2D eigenvalue weighted by atomic mass is 16.6. The molecule has 0 atom stereocenters. The molecule has 0 fully saturated rings. The smallest absolute Gasteiger partial charge is 0.333 e. The molecule has 0 amide bonds. The number of carbonyl (C=O) groups excluding carboxylic acids is 1. The predicted octanol–water partition coefficient (Wildman–Crippen LogP) is 2.35. The summed E-state index contributed by atoms with van der Waals surface area (Å²) in [6.45, 7) is 1.78. The quantitative estimate of drug-likeness (QED) is 0.345. The number of carbonyl (C=O) groups is 1. The van der Waals surface area contributed by atoms with Gasteiger partial charge >= 0.3 is 11.7 Å². The first kappa shape index (κ1) is 16.2. The molecule has 1 rings (SSSR count). The van der Waals surface area contributed by atoms with Crippen molar-refractivity contribution in [3.63, 3.8) is 0 Å². The van der Waals surface area contributed by atoms with Gasteiger partial charge in [-0.2, -0.15) is 5.26 Å². The molecule has 0 saturated carbocycles. The Morgan fingerprint density at radius 3 is 2.76 bits per heavy atom. The molecular weight excluding hydrogens is 276 g/mol. The average Bonchev–Trinajstić information content (AvgIpc) is 2.50. The third-order valence-electron chi connectivity index (χ3n) is 2.68. The SMILES string of the molecule is CCC(=CCOc1ccc(C#N)cc1[N+](=O)[O-])C(=O)OC. The van der Waals surface area contributed by atoms with Crippen LogP contribution in [-0.4, -0.2) is 24.6 Å². The molecule has 0 radical (unpaired) electrons. The number of nitriles is 1. The monoisotopic (exact) mass is 290 g/mol. The largest absolute Gasteiger partial charge is 0.483 e. The van der Waals surface area contributed by atoms with E-state index in [1.54, 1.807) is 6.92 Å². The van der Waals surface area contributed by atoms with Crippen molar-refractivity contribution in [3.05, 3.63) is 45.5 Å². The van der Waals surface area contributed by atoms with Crippen LogP contribution in [0, 0.1) is 21.4 Å². The molecule has 7 nitrogen and oxygen atoms in total. The second kappa shape index (κ2) is 7.65. The van der Waals surface area contributed by atoms with Crippen LogP contribution in [0.2, 0.25) is 0 Å². The molecule has 0 bridgehead atoms. The van der Waals surface area contributed by atoms with Gasteiger partial charge in [-0.25, -0.2) is 4.79 Å². The van der Waals surface area contributed by atoms with Crippen molar-refractivity contribution in [3.8, 4) is 11.8 Å². The van der Waals surface area contributed by atoms with Crippen LogP contribution in [0.4, 0.5) is 5.69 Å². The molecule has 7 heteroatoms.